The van der Waals surface area contributed by atoms with Gasteiger partial charge in [0.05, 0.1) is 11.3 Å². The van der Waals surface area contributed by atoms with E-state index in [1.165, 1.54) is 34.5 Å². The summed E-state index contributed by atoms with van der Waals surface area (Å²) in [6.45, 7) is 7.10. The lowest BCUT2D eigenvalue weighted by atomic mass is 10.1. The molecular weight excluding hydrogens is 497 g/mol. The molecule has 3 aliphatic rings. The van der Waals surface area contributed by atoms with Crippen molar-refractivity contribution >= 4 is 52.4 Å². The van der Waals surface area contributed by atoms with E-state index in [1.54, 1.807) is 6.07 Å². The Morgan fingerprint density at radius 1 is 0.941 bits per heavy atom. The number of nitrogens with zero attached hydrogens (tertiary/aromatic N) is 5. The third-order valence-corrected chi connectivity index (χ3v) is 8.51. The summed E-state index contributed by atoms with van der Waals surface area (Å²) >= 11 is 0. The van der Waals surface area contributed by atoms with E-state index >= 15 is 0 Å². The number of rotatable bonds is 4. The van der Waals surface area contributed by atoms with Gasteiger partial charge in [-0.3, -0.25) is 9.10 Å². The van der Waals surface area contributed by atoms with Gasteiger partial charge in [-0.15, -0.1) is 24.8 Å². The normalized spacial score (nSPS) is 19.4. The van der Waals surface area contributed by atoms with Crippen molar-refractivity contribution in [1.82, 2.24) is 14.9 Å². The van der Waals surface area contributed by atoms with Crippen LogP contribution in [0.15, 0.2) is 24.5 Å². The van der Waals surface area contributed by atoms with Gasteiger partial charge in [-0.05, 0) is 61.8 Å². The molecule has 0 N–H and O–H groups in total. The van der Waals surface area contributed by atoms with Gasteiger partial charge in [0.25, 0.3) is 5.91 Å². The van der Waals surface area contributed by atoms with Crippen LogP contribution in [0.3, 0.4) is 0 Å². The zero-order valence-corrected chi connectivity index (χ0v) is 21.9. The van der Waals surface area contributed by atoms with Gasteiger partial charge in [-0.1, -0.05) is 6.07 Å². The van der Waals surface area contributed by atoms with Gasteiger partial charge < -0.3 is 9.80 Å². The first-order valence-corrected chi connectivity index (χ1v) is 12.9. The maximum Gasteiger partial charge on any atom is 0.255 e. The van der Waals surface area contributed by atoms with E-state index < -0.39 is 10.0 Å². The Morgan fingerprint density at radius 3 is 2.21 bits per heavy atom. The Balaban J connectivity index is 0.00000162. The SMILES string of the molecule is Cc1cc(N2CCCS2(=O)=O)ncc1C(=O)N1CCN(c2ncc(C3CC3)cc2C)CC1.Cl.Cl. The summed E-state index contributed by atoms with van der Waals surface area (Å²) in [6, 6.07) is 3.97. The first-order chi connectivity index (χ1) is 15.3. The average Bonchev–Trinajstić information content (AvgIpc) is 3.56. The predicted molar refractivity (Wildman–Crippen MR) is 138 cm³/mol. The summed E-state index contributed by atoms with van der Waals surface area (Å²) in [4.78, 5) is 26.3. The molecule has 2 aromatic rings. The lowest BCUT2D eigenvalue weighted by molar-refractivity contribution is 0.0745. The topological polar surface area (TPSA) is 86.7 Å². The number of carbonyl (C=O) groups excluding carboxylic acids is 1. The molecule has 0 spiro atoms. The van der Waals surface area contributed by atoms with Crippen molar-refractivity contribution in [3.63, 3.8) is 0 Å². The second-order valence-corrected chi connectivity index (χ2v) is 11.1. The minimum absolute atomic E-state index is 0. The second kappa shape index (κ2) is 10.3. The molecule has 5 rings (SSSR count). The van der Waals surface area contributed by atoms with E-state index in [0.29, 0.717) is 43.4 Å². The molecule has 1 amide bonds. The fraction of sp³-hybridized carbons (Fsp3) is 0.522. The number of amides is 1. The molecule has 1 saturated carbocycles. The van der Waals surface area contributed by atoms with Crippen LogP contribution < -0.4 is 9.21 Å². The van der Waals surface area contributed by atoms with Crippen LogP contribution in [0.4, 0.5) is 11.6 Å². The lowest BCUT2D eigenvalue weighted by Crippen LogP contribution is -2.49. The molecule has 0 atom stereocenters. The molecule has 34 heavy (non-hydrogen) atoms. The largest absolute Gasteiger partial charge is 0.353 e. The van der Waals surface area contributed by atoms with Gasteiger partial charge >= 0.3 is 0 Å². The molecule has 0 bridgehead atoms. The molecule has 1 aliphatic carbocycles. The number of aryl methyl sites for hydroxylation is 2. The molecular formula is C23H31Cl2N5O3S. The van der Waals surface area contributed by atoms with E-state index in [4.69, 9.17) is 4.98 Å². The fourth-order valence-corrected chi connectivity index (χ4v) is 6.16. The molecule has 2 aromatic heterocycles. The Labute approximate surface area is 213 Å². The van der Waals surface area contributed by atoms with E-state index in [-0.39, 0.29) is 36.5 Å². The van der Waals surface area contributed by atoms with E-state index in [1.807, 2.05) is 18.0 Å². The van der Waals surface area contributed by atoms with E-state index in [9.17, 15) is 13.2 Å². The van der Waals surface area contributed by atoms with Gasteiger partial charge in [0.1, 0.15) is 11.6 Å². The molecule has 8 nitrogen and oxygen atoms in total. The Hall–Kier alpha value is -2.10. The zero-order valence-electron chi connectivity index (χ0n) is 19.4. The molecule has 11 heteroatoms. The molecule has 2 saturated heterocycles. The van der Waals surface area contributed by atoms with Crippen molar-refractivity contribution in [2.75, 3.05) is 47.7 Å². The number of aromatic nitrogens is 2. The number of anilines is 2. The molecule has 0 aromatic carbocycles. The zero-order chi connectivity index (χ0) is 22.5. The lowest BCUT2D eigenvalue weighted by Gasteiger charge is -2.36. The van der Waals surface area contributed by atoms with Crippen LogP contribution in [-0.4, -0.2) is 67.7 Å². The maximum absolute atomic E-state index is 13.1. The highest BCUT2D eigenvalue weighted by molar-refractivity contribution is 7.93. The average molecular weight is 529 g/mol. The Morgan fingerprint density at radius 2 is 1.65 bits per heavy atom. The molecule has 2 aliphatic heterocycles. The highest BCUT2D eigenvalue weighted by Crippen LogP contribution is 2.40. The fourth-order valence-electron chi connectivity index (χ4n) is 4.65. The Bertz CT molecular complexity index is 1170. The number of sulfonamides is 1. The van der Waals surface area contributed by atoms with Crippen LogP contribution in [-0.2, 0) is 10.0 Å². The molecule has 4 heterocycles. The van der Waals surface area contributed by atoms with Crippen LogP contribution in [0, 0.1) is 13.8 Å². The summed E-state index contributed by atoms with van der Waals surface area (Å²) in [5, 5.41) is 0. The van der Waals surface area contributed by atoms with Crippen molar-refractivity contribution in [3.05, 3.63) is 46.8 Å². The summed E-state index contributed by atoms with van der Waals surface area (Å²) in [6.07, 6.45) is 6.67. The molecule has 0 radical (unpaired) electrons. The molecule has 186 valence electrons. The highest BCUT2D eigenvalue weighted by Gasteiger charge is 2.31. The van der Waals surface area contributed by atoms with E-state index in [2.05, 4.69) is 22.9 Å². The minimum Gasteiger partial charge on any atom is -0.353 e. The first-order valence-electron chi connectivity index (χ1n) is 11.3. The predicted octanol–water partition coefficient (Wildman–Crippen LogP) is 3.32. The van der Waals surface area contributed by atoms with Gasteiger partial charge in [0.15, 0.2) is 0 Å². The van der Waals surface area contributed by atoms with Crippen molar-refractivity contribution in [2.24, 2.45) is 0 Å². The molecule has 0 unspecified atom stereocenters. The highest BCUT2D eigenvalue weighted by atomic mass is 35.5. The van der Waals surface area contributed by atoms with Crippen molar-refractivity contribution in [1.29, 1.82) is 0 Å². The van der Waals surface area contributed by atoms with Gasteiger partial charge in [0, 0.05) is 45.1 Å². The number of piperazine rings is 1. The smallest absolute Gasteiger partial charge is 0.255 e. The maximum atomic E-state index is 13.1. The second-order valence-electron chi connectivity index (χ2n) is 9.06. The minimum atomic E-state index is -3.29. The van der Waals surface area contributed by atoms with Crippen LogP contribution in [0.2, 0.25) is 0 Å². The number of hydrogen-bond donors (Lipinski definition) is 0. The van der Waals surface area contributed by atoms with Crippen LogP contribution in [0.25, 0.3) is 0 Å². The van der Waals surface area contributed by atoms with Gasteiger partial charge in [-0.2, -0.15) is 0 Å². The number of hydrogen-bond acceptors (Lipinski definition) is 6. The van der Waals surface area contributed by atoms with Gasteiger partial charge in [0.2, 0.25) is 10.0 Å². The summed E-state index contributed by atoms with van der Waals surface area (Å²) < 4.78 is 25.7. The Kier molecular flexibility index (Phi) is 7.99. The third kappa shape index (κ3) is 5.11. The third-order valence-electron chi connectivity index (χ3n) is 6.67. The number of halogens is 2. The summed E-state index contributed by atoms with van der Waals surface area (Å²) in [5.74, 6) is 2.20. The molecule has 3 fully saturated rings. The monoisotopic (exact) mass is 527 g/mol. The first kappa shape index (κ1) is 26.5. The van der Waals surface area contributed by atoms with E-state index in [0.717, 1.165) is 24.5 Å². The standard InChI is InChI=1S/C23H29N5O3S.2ClH/c1-16-13-21(28-6-3-11-32(28,30)31)24-15-20(16)23(29)27-9-7-26(8-10-27)22-17(2)12-19(14-25-22)18-4-5-18;;/h12-15,18H,3-11H2,1-2H3;2*1H. The van der Waals surface area contributed by atoms with Crippen LogP contribution in [0.1, 0.15) is 52.2 Å². The van der Waals surface area contributed by atoms with Crippen LogP contribution >= 0.6 is 24.8 Å². The van der Waals surface area contributed by atoms with Gasteiger partial charge in [-0.25, -0.2) is 18.4 Å². The van der Waals surface area contributed by atoms with Crippen molar-refractivity contribution in [3.8, 4) is 0 Å². The van der Waals surface area contributed by atoms with Crippen molar-refractivity contribution < 1.29 is 13.2 Å². The number of pyridine rings is 2. The number of carbonyl (C=O) groups is 1. The quantitative estimate of drug-likeness (QED) is 0.606. The summed E-state index contributed by atoms with van der Waals surface area (Å²) in [5.41, 5.74) is 3.81. The summed E-state index contributed by atoms with van der Waals surface area (Å²) in [7, 11) is -3.29. The van der Waals surface area contributed by atoms with Crippen molar-refractivity contribution in [2.45, 2.75) is 39.0 Å². The van der Waals surface area contributed by atoms with Crippen LogP contribution in [0.5, 0.6) is 0 Å².